The molecular weight excluding hydrogens is 204 g/mol. The molecule has 2 N–H and O–H groups in total. The Kier molecular flexibility index (Phi) is 2.27. The Morgan fingerprint density at radius 1 is 1.43 bits per heavy atom. The third-order valence-electron chi connectivity index (χ3n) is 1.79. The third-order valence-corrected chi connectivity index (χ3v) is 2.11. The number of rotatable bonds is 3. The van der Waals surface area contributed by atoms with Crippen LogP contribution in [0.5, 0.6) is 0 Å². The zero-order valence-corrected chi connectivity index (χ0v) is 7.99. The molecule has 2 rings (SSSR count). The van der Waals surface area contributed by atoms with Crippen molar-refractivity contribution in [1.29, 1.82) is 0 Å². The van der Waals surface area contributed by atoms with Crippen molar-refractivity contribution in [2.75, 3.05) is 0 Å². The van der Waals surface area contributed by atoms with E-state index in [1.807, 2.05) is 0 Å². The van der Waals surface area contributed by atoms with Gasteiger partial charge in [-0.2, -0.15) is 0 Å². The Morgan fingerprint density at radius 3 is 2.86 bits per heavy atom. The molecule has 0 aliphatic rings. The fraction of sp³-hybridized carbons (Fsp3) is 0.333. The van der Waals surface area contributed by atoms with Crippen LogP contribution in [0, 0.1) is 4.77 Å². The molecule has 74 valence electrons. The van der Waals surface area contributed by atoms with Gasteiger partial charge in [-0.15, -0.1) is 5.10 Å². The van der Waals surface area contributed by atoms with Gasteiger partial charge in [0.15, 0.2) is 4.77 Å². The van der Waals surface area contributed by atoms with Gasteiger partial charge < -0.3 is 0 Å². The minimum absolute atomic E-state index is 0.241. The zero-order valence-electron chi connectivity index (χ0n) is 7.17. The molecule has 0 aliphatic carbocycles. The van der Waals surface area contributed by atoms with Crippen LogP contribution in [0.15, 0.2) is 17.2 Å². The number of aromatic nitrogens is 6. The maximum absolute atomic E-state index is 11.2. The summed E-state index contributed by atoms with van der Waals surface area (Å²) in [7, 11) is 0. The normalized spacial score (nSPS) is 10.6. The standard InChI is InChI=1S/C6H8N6OS/c13-5-8-9-6(14)12(5)4-3-11-2-1-7-10-11/h1-2H,3-4H2,(H,8,13)(H,9,14). The molecule has 0 spiro atoms. The molecule has 2 aromatic rings. The molecule has 0 fully saturated rings. The quantitative estimate of drug-likeness (QED) is 0.673. The fourth-order valence-electron chi connectivity index (χ4n) is 1.09. The van der Waals surface area contributed by atoms with E-state index in [9.17, 15) is 4.79 Å². The molecule has 0 bridgehead atoms. The Labute approximate surface area is 83.4 Å². The van der Waals surface area contributed by atoms with Crippen LogP contribution in [-0.4, -0.2) is 29.8 Å². The van der Waals surface area contributed by atoms with E-state index in [2.05, 4.69) is 20.5 Å². The van der Waals surface area contributed by atoms with Crippen molar-refractivity contribution in [3.8, 4) is 0 Å². The molecule has 7 nitrogen and oxygen atoms in total. The predicted molar refractivity (Wildman–Crippen MR) is 50.3 cm³/mol. The highest BCUT2D eigenvalue weighted by molar-refractivity contribution is 7.71. The molecule has 0 aromatic carbocycles. The van der Waals surface area contributed by atoms with Crippen LogP contribution in [-0.2, 0) is 13.1 Å². The molecule has 14 heavy (non-hydrogen) atoms. The van der Waals surface area contributed by atoms with E-state index in [1.54, 1.807) is 17.1 Å². The number of nitrogens with one attached hydrogen (secondary N) is 2. The van der Waals surface area contributed by atoms with E-state index in [4.69, 9.17) is 12.2 Å². The third kappa shape index (κ3) is 1.64. The molecule has 0 radical (unpaired) electrons. The minimum atomic E-state index is -0.241. The van der Waals surface area contributed by atoms with Crippen LogP contribution < -0.4 is 5.69 Å². The van der Waals surface area contributed by atoms with E-state index in [1.165, 1.54) is 4.57 Å². The smallest absolute Gasteiger partial charge is 0.272 e. The van der Waals surface area contributed by atoms with Crippen molar-refractivity contribution in [2.45, 2.75) is 13.1 Å². The molecule has 0 saturated carbocycles. The van der Waals surface area contributed by atoms with Crippen molar-refractivity contribution in [3.05, 3.63) is 27.6 Å². The van der Waals surface area contributed by atoms with E-state index in [0.29, 0.717) is 17.9 Å². The summed E-state index contributed by atoms with van der Waals surface area (Å²) >= 11 is 4.90. The Balaban J connectivity index is 2.13. The molecule has 2 aromatic heterocycles. The first-order valence-electron chi connectivity index (χ1n) is 3.99. The maximum atomic E-state index is 11.2. The van der Waals surface area contributed by atoms with Gasteiger partial charge >= 0.3 is 5.69 Å². The molecule has 8 heteroatoms. The average molecular weight is 212 g/mol. The number of aromatic amines is 2. The molecule has 0 saturated heterocycles. The number of nitrogens with zero attached hydrogens (tertiary/aromatic N) is 4. The largest absolute Gasteiger partial charge is 0.342 e. The van der Waals surface area contributed by atoms with Crippen LogP contribution in [0.2, 0.25) is 0 Å². The second kappa shape index (κ2) is 3.58. The average Bonchev–Trinajstić information content (AvgIpc) is 2.76. The summed E-state index contributed by atoms with van der Waals surface area (Å²) in [5.74, 6) is 0. The van der Waals surface area contributed by atoms with E-state index in [-0.39, 0.29) is 5.69 Å². The maximum Gasteiger partial charge on any atom is 0.342 e. The van der Waals surface area contributed by atoms with Gasteiger partial charge in [0.2, 0.25) is 0 Å². The van der Waals surface area contributed by atoms with Crippen LogP contribution in [0.1, 0.15) is 0 Å². The van der Waals surface area contributed by atoms with Crippen molar-refractivity contribution >= 4 is 12.2 Å². The first kappa shape index (κ1) is 8.88. The molecule has 0 amide bonds. The second-order valence-electron chi connectivity index (χ2n) is 2.68. The molecule has 0 atom stereocenters. The van der Waals surface area contributed by atoms with Gasteiger partial charge in [-0.3, -0.25) is 14.3 Å². The lowest BCUT2D eigenvalue weighted by Crippen LogP contribution is -2.20. The van der Waals surface area contributed by atoms with Crippen molar-refractivity contribution in [1.82, 2.24) is 29.8 Å². The molecule has 0 unspecified atom stereocenters. The van der Waals surface area contributed by atoms with Crippen molar-refractivity contribution < 1.29 is 0 Å². The van der Waals surface area contributed by atoms with Gasteiger partial charge in [-0.1, -0.05) is 5.21 Å². The minimum Gasteiger partial charge on any atom is -0.272 e. The summed E-state index contributed by atoms with van der Waals surface area (Å²) in [4.78, 5) is 11.2. The second-order valence-corrected chi connectivity index (χ2v) is 3.06. The van der Waals surface area contributed by atoms with E-state index >= 15 is 0 Å². The predicted octanol–water partition coefficient (Wildman–Crippen LogP) is -0.474. The summed E-state index contributed by atoms with van der Waals surface area (Å²) in [6.07, 6.45) is 3.31. The fourth-order valence-corrected chi connectivity index (χ4v) is 1.32. The highest BCUT2D eigenvalue weighted by Gasteiger charge is 1.99. The Bertz CT molecular complexity index is 477. The number of hydrogen-bond donors (Lipinski definition) is 2. The first-order chi connectivity index (χ1) is 6.77. The lowest BCUT2D eigenvalue weighted by Gasteiger charge is -1.99. The lowest BCUT2D eigenvalue weighted by atomic mass is 10.6. The number of hydrogen-bond acceptors (Lipinski definition) is 4. The van der Waals surface area contributed by atoms with Gasteiger partial charge in [0.05, 0.1) is 12.7 Å². The number of H-pyrrole nitrogens is 2. The summed E-state index contributed by atoms with van der Waals surface area (Å²) in [5.41, 5.74) is -0.241. The number of aryl methyl sites for hydroxylation is 1. The Hall–Kier alpha value is -1.70. The van der Waals surface area contributed by atoms with Gasteiger partial charge in [0.25, 0.3) is 0 Å². The van der Waals surface area contributed by atoms with Gasteiger partial charge in [-0.05, 0) is 12.2 Å². The van der Waals surface area contributed by atoms with Crippen molar-refractivity contribution in [2.24, 2.45) is 0 Å². The van der Waals surface area contributed by atoms with Crippen molar-refractivity contribution in [3.63, 3.8) is 0 Å². The summed E-state index contributed by atoms with van der Waals surface area (Å²) in [6, 6.07) is 0. The van der Waals surface area contributed by atoms with Crippen LogP contribution in [0.3, 0.4) is 0 Å². The SMILES string of the molecule is O=c1[nH][nH]c(=S)n1CCn1ccnn1. The summed E-state index contributed by atoms with van der Waals surface area (Å²) < 4.78 is 3.45. The van der Waals surface area contributed by atoms with E-state index in [0.717, 1.165) is 0 Å². The summed E-state index contributed by atoms with van der Waals surface area (Å²) in [6.45, 7) is 1.04. The van der Waals surface area contributed by atoms with Gasteiger partial charge in [0.1, 0.15) is 0 Å². The van der Waals surface area contributed by atoms with Gasteiger partial charge in [0, 0.05) is 12.7 Å². The molecule has 2 heterocycles. The Morgan fingerprint density at radius 2 is 2.29 bits per heavy atom. The molecule has 0 aliphatic heterocycles. The highest BCUT2D eigenvalue weighted by atomic mass is 32.1. The first-order valence-corrected chi connectivity index (χ1v) is 4.40. The lowest BCUT2D eigenvalue weighted by molar-refractivity contribution is 0.508. The summed E-state index contributed by atoms with van der Waals surface area (Å²) in [5, 5.41) is 12.4. The molecular formula is C6H8N6OS. The monoisotopic (exact) mass is 212 g/mol. The van der Waals surface area contributed by atoms with E-state index < -0.39 is 0 Å². The van der Waals surface area contributed by atoms with Crippen LogP contribution in [0.4, 0.5) is 0 Å². The zero-order chi connectivity index (χ0) is 9.97. The van der Waals surface area contributed by atoms with Crippen LogP contribution in [0.25, 0.3) is 0 Å². The highest BCUT2D eigenvalue weighted by Crippen LogP contribution is 1.86. The topological polar surface area (TPSA) is 84.3 Å². The van der Waals surface area contributed by atoms with Gasteiger partial charge in [-0.25, -0.2) is 9.89 Å². The van der Waals surface area contributed by atoms with Crippen LogP contribution >= 0.6 is 12.2 Å².